The van der Waals surface area contributed by atoms with E-state index in [1.165, 1.54) is 66.3 Å². The number of hydrogen-bond donors (Lipinski definition) is 0. The molecule has 0 heteroatoms. The molecule has 0 atom stereocenters. The minimum atomic E-state index is 1.20. The lowest BCUT2D eigenvalue weighted by atomic mass is 9.95. The Bertz CT molecular complexity index is 523. The van der Waals surface area contributed by atoms with Crippen molar-refractivity contribution in [2.45, 2.75) is 59.3 Å². The average molecular weight is 280 g/mol. The summed E-state index contributed by atoms with van der Waals surface area (Å²) in [6, 6.07) is 16.1. The molecule has 0 saturated heterocycles. The van der Waals surface area contributed by atoms with E-state index in [1.807, 2.05) is 0 Å². The lowest BCUT2D eigenvalue weighted by molar-refractivity contribution is 0.781. The van der Waals surface area contributed by atoms with E-state index in [4.69, 9.17) is 0 Å². The fraction of sp³-hybridized carbons (Fsp3) is 0.429. The Kier molecular flexibility index (Phi) is 6.04. The molecular formula is C21H28. The molecule has 0 amide bonds. The molecule has 0 radical (unpaired) electrons. The lowest BCUT2D eigenvalue weighted by Crippen LogP contribution is -1.92. The Morgan fingerprint density at radius 3 is 1.67 bits per heavy atom. The highest BCUT2D eigenvalue weighted by molar-refractivity contribution is 5.65. The van der Waals surface area contributed by atoms with Crippen LogP contribution < -0.4 is 0 Å². The van der Waals surface area contributed by atoms with E-state index in [1.54, 1.807) is 0 Å². The smallest absolute Gasteiger partial charge is 0.0179 e. The van der Waals surface area contributed by atoms with Crippen molar-refractivity contribution in [3.05, 3.63) is 59.2 Å². The number of unbranched alkanes of at least 4 members (excludes halogenated alkanes) is 2. The van der Waals surface area contributed by atoms with Crippen LogP contribution in [0.15, 0.2) is 42.5 Å². The van der Waals surface area contributed by atoms with Crippen molar-refractivity contribution in [1.82, 2.24) is 0 Å². The summed E-state index contributed by atoms with van der Waals surface area (Å²) in [5.74, 6) is 0. The average Bonchev–Trinajstić information content (AvgIpc) is 2.51. The molecule has 0 aliphatic rings. The second kappa shape index (κ2) is 8.02. The zero-order valence-electron chi connectivity index (χ0n) is 13.8. The Morgan fingerprint density at radius 2 is 1.19 bits per heavy atom. The van der Waals surface area contributed by atoms with Gasteiger partial charge in [-0.05, 0) is 54.9 Å². The number of aryl methyl sites for hydroxylation is 3. The van der Waals surface area contributed by atoms with Crippen LogP contribution in [0.5, 0.6) is 0 Å². The summed E-state index contributed by atoms with van der Waals surface area (Å²) in [4.78, 5) is 0. The van der Waals surface area contributed by atoms with Gasteiger partial charge in [0.05, 0.1) is 0 Å². The van der Waals surface area contributed by atoms with Crippen molar-refractivity contribution < 1.29 is 0 Å². The highest BCUT2D eigenvalue weighted by Crippen LogP contribution is 2.24. The maximum Gasteiger partial charge on any atom is -0.0179 e. The second-order valence-corrected chi connectivity index (χ2v) is 6.11. The molecule has 0 spiro atoms. The van der Waals surface area contributed by atoms with Crippen LogP contribution >= 0.6 is 0 Å². The minimum absolute atomic E-state index is 1.20. The van der Waals surface area contributed by atoms with E-state index >= 15 is 0 Å². The first kappa shape index (κ1) is 15.8. The summed E-state index contributed by atoms with van der Waals surface area (Å²) in [6.07, 6.45) is 7.50. The van der Waals surface area contributed by atoms with E-state index < -0.39 is 0 Å². The number of rotatable bonds is 7. The summed E-state index contributed by atoms with van der Waals surface area (Å²) in [7, 11) is 0. The zero-order valence-corrected chi connectivity index (χ0v) is 13.8. The van der Waals surface area contributed by atoms with Gasteiger partial charge in [0.25, 0.3) is 0 Å². The fourth-order valence-corrected chi connectivity index (χ4v) is 2.73. The largest absolute Gasteiger partial charge is 0.0654 e. The Hall–Kier alpha value is -1.56. The molecule has 0 fully saturated rings. The third-order valence-electron chi connectivity index (χ3n) is 4.08. The Labute approximate surface area is 130 Å². The van der Waals surface area contributed by atoms with Crippen LogP contribution in [0.3, 0.4) is 0 Å². The molecule has 0 aromatic heterocycles. The molecule has 0 heterocycles. The topological polar surface area (TPSA) is 0 Å². The zero-order chi connectivity index (χ0) is 15.1. The van der Waals surface area contributed by atoms with E-state index in [-0.39, 0.29) is 0 Å². The van der Waals surface area contributed by atoms with E-state index in [2.05, 4.69) is 63.2 Å². The fourth-order valence-electron chi connectivity index (χ4n) is 2.73. The predicted molar refractivity (Wildman–Crippen MR) is 93.8 cm³/mol. The quantitative estimate of drug-likeness (QED) is 0.554. The molecule has 2 rings (SSSR count). The van der Waals surface area contributed by atoms with E-state index in [0.29, 0.717) is 0 Å². The van der Waals surface area contributed by atoms with Crippen LogP contribution in [-0.2, 0) is 12.8 Å². The Balaban J connectivity index is 2.31. The first-order valence-electron chi connectivity index (χ1n) is 8.42. The van der Waals surface area contributed by atoms with Gasteiger partial charge in [-0.2, -0.15) is 0 Å². The summed E-state index contributed by atoms with van der Waals surface area (Å²) in [6.45, 7) is 6.68. The van der Waals surface area contributed by atoms with Crippen molar-refractivity contribution in [2.24, 2.45) is 0 Å². The third kappa shape index (κ3) is 4.74. The molecule has 0 aliphatic heterocycles. The van der Waals surface area contributed by atoms with Gasteiger partial charge >= 0.3 is 0 Å². The van der Waals surface area contributed by atoms with Gasteiger partial charge in [0.15, 0.2) is 0 Å². The summed E-state index contributed by atoms with van der Waals surface area (Å²) in [5.41, 5.74) is 7.06. The minimum Gasteiger partial charge on any atom is -0.0654 e. The van der Waals surface area contributed by atoms with Gasteiger partial charge in [0, 0.05) is 0 Å². The molecular weight excluding hydrogens is 252 g/mol. The van der Waals surface area contributed by atoms with Crippen molar-refractivity contribution in [3.63, 3.8) is 0 Å². The summed E-state index contributed by atoms with van der Waals surface area (Å²) in [5, 5.41) is 0. The van der Waals surface area contributed by atoms with Crippen LogP contribution in [0, 0.1) is 6.92 Å². The lowest BCUT2D eigenvalue weighted by Gasteiger charge is -2.10. The maximum atomic E-state index is 2.42. The van der Waals surface area contributed by atoms with Crippen molar-refractivity contribution in [1.29, 1.82) is 0 Å². The molecule has 0 nitrogen and oxygen atoms in total. The highest BCUT2D eigenvalue weighted by atomic mass is 14.1. The van der Waals surface area contributed by atoms with Gasteiger partial charge in [-0.1, -0.05) is 74.7 Å². The van der Waals surface area contributed by atoms with Gasteiger partial charge in [-0.25, -0.2) is 0 Å². The number of hydrogen-bond acceptors (Lipinski definition) is 0. The monoisotopic (exact) mass is 280 g/mol. The van der Waals surface area contributed by atoms with Crippen molar-refractivity contribution >= 4 is 0 Å². The number of benzene rings is 2. The third-order valence-corrected chi connectivity index (χ3v) is 4.08. The van der Waals surface area contributed by atoms with E-state index in [0.717, 1.165) is 0 Å². The molecule has 112 valence electrons. The Morgan fingerprint density at radius 1 is 0.667 bits per heavy atom. The van der Waals surface area contributed by atoms with Crippen LogP contribution in [0.25, 0.3) is 11.1 Å². The van der Waals surface area contributed by atoms with Gasteiger partial charge in [0.1, 0.15) is 0 Å². The molecule has 0 unspecified atom stereocenters. The SMILES string of the molecule is CCCCc1cc(CCCC)cc(-c2ccc(C)cc2)c1. The maximum absolute atomic E-state index is 2.42. The van der Waals surface area contributed by atoms with Gasteiger partial charge < -0.3 is 0 Å². The van der Waals surface area contributed by atoms with Crippen LogP contribution in [-0.4, -0.2) is 0 Å². The highest BCUT2D eigenvalue weighted by Gasteiger charge is 2.04. The van der Waals surface area contributed by atoms with Gasteiger partial charge in [-0.3, -0.25) is 0 Å². The first-order chi connectivity index (χ1) is 10.2. The van der Waals surface area contributed by atoms with E-state index in [9.17, 15) is 0 Å². The molecule has 0 aliphatic carbocycles. The molecule has 2 aromatic rings. The molecule has 2 aromatic carbocycles. The summed E-state index contributed by atoms with van der Waals surface area (Å²) < 4.78 is 0. The van der Waals surface area contributed by atoms with Gasteiger partial charge in [0.2, 0.25) is 0 Å². The van der Waals surface area contributed by atoms with Gasteiger partial charge in [-0.15, -0.1) is 0 Å². The molecule has 0 N–H and O–H groups in total. The van der Waals surface area contributed by atoms with Crippen molar-refractivity contribution in [2.75, 3.05) is 0 Å². The van der Waals surface area contributed by atoms with Crippen molar-refractivity contribution in [3.8, 4) is 11.1 Å². The van der Waals surface area contributed by atoms with Crippen LogP contribution in [0.2, 0.25) is 0 Å². The normalized spacial score (nSPS) is 10.8. The standard InChI is InChI=1S/C21H28/c1-4-6-8-18-14-19(9-7-5-2)16-21(15-18)20-12-10-17(3)11-13-20/h10-16H,4-9H2,1-3H3. The molecule has 0 bridgehead atoms. The van der Waals surface area contributed by atoms with Crippen LogP contribution in [0.4, 0.5) is 0 Å². The molecule has 21 heavy (non-hydrogen) atoms. The predicted octanol–water partition coefficient (Wildman–Crippen LogP) is 6.35. The first-order valence-corrected chi connectivity index (χ1v) is 8.42. The van der Waals surface area contributed by atoms with Crippen LogP contribution in [0.1, 0.15) is 56.2 Å². The summed E-state index contributed by atoms with van der Waals surface area (Å²) >= 11 is 0. The molecule has 0 saturated carbocycles. The second-order valence-electron chi connectivity index (χ2n) is 6.11.